The maximum atomic E-state index is 11.8. The molecule has 0 aliphatic heterocycles. The lowest BCUT2D eigenvalue weighted by molar-refractivity contribution is -0.142. The van der Waals surface area contributed by atoms with Gasteiger partial charge < -0.3 is 4.74 Å². The van der Waals surface area contributed by atoms with Crippen LogP contribution in [0.15, 0.2) is 72.4 Å². The maximum absolute atomic E-state index is 11.8. The monoisotopic (exact) mass is 268 g/mol. The fourth-order valence-corrected chi connectivity index (χ4v) is 1.91. The molecule has 0 aliphatic rings. The molecule has 0 saturated heterocycles. The first kappa shape index (κ1) is 13.3. The van der Waals surface area contributed by atoms with Gasteiger partial charge in [-0.15, -0.1) is 0 Å². The topological polar surface area (TPSA) is 26.3 Å². The molecule has 0 N–H and O–H groups in total. The Hall–Kier alpha value is -2.13. The van der Waals surface area contributed by atoms with E-state index in [-0.39, 0.29) is 12.1 Å². The Labute approximate surface area is 116 Å². The SMILES string of the molecule is C=C([SiH3])C(=O)OC(c1ccccc1)c1ccccc1. The van der Waals surface area contributed by atoms with Crippen LogP contribution in [0.3, 0.4) is 0 Å². The van der Waals surface area contributed by atoms with Crippen LogP contribution in [0.1, 0.15) is 17.2 Å². The van der Waals surface area contributed by atoms with Gasteiger partial charge in [-0.25, -0.2) is 4.79 Å². The molecule has 3 heteroatoms. The molecule has 0 bridgehead atoms. The first-order valence-electron chi connectivity index (χ1n) is 6.15. The highest BCUT2D eigenvalue weighted by molar-refractivity contribution is 6.34. The lowest BCUT2D eigenvalue weighted by atomic mass is 10.0. The lowest BCUT2D eigenvalue weighted by Crippen LogP contribution is -2.14. The summed E-state index contributed by atoms with van der Waals surface area (Å²) >= 11 is 0. The molecule has 0 unspecified atom stereocenters. The van der Waals surface area contributed by atoms with Crippen molar-refractivity contribution in [3.8, 4) is 0 Å². The number of esters is 1. The molecule has 0 heterocycles. The molecular weight excluding hydrogens is 252 g/mol. The van der Waals surface area contributed by atoms with E-state index in [2.05, 4.69) is 6.58 Å². The standard InChI is InChI=1S/C16H16O2Si/c1-12(19)16(17)18-15(13-8-4-2-5-9-13)14-10-6-3-7-11-14/h2-11,15H,1H2,19H3. The molecular formula is C16H16O2Si. The highest BCUT2D eigenvalue weighted by Gasteiger charge is 2.18. The third-order valence-electron chi connectivity index (χ3n) is 2.78. The van der Waals surface area contributed by atoms with Gasteiger partial charge in [0, 0.05) is 15.4 Å². The molecule has 96 valence electrons. The second-order valence-electron chi connectivity index (χ2n) is 4.39. The molecule has 0 atom stereocenters. The molecule has 0 saturated carbocycles. The van der Waals surface area contributed by atoms with Crippen molar-refractivity contribution in [3.05, 3.63) is 83.6 Å². The summed E-state index contributed by atoms with van der Waals surface area (Å²) in [6.07, 6.45) is -0.374. The van der Waals surface area contributed by atoms with Gasteiger partial charge in [-0.05, 0) is 11.1 Å². The maximum Gasteiger partial charge on any atom is 0.329 e. The van der Waals surface area contributed by atoms with Crippen molar-refractivity contribution < 1.29 is 9.53 Å². The Kier molecular flexibility index (Phi) is 4.31. The molecule has 2 rings (SSSR count). The van der Waals surface area contributed by atoms with E-state index >= 15 is 0 Å². The predicted molar refractivity (Wildman–Crippen MR) is 79.9 cm³/mol. The number of ether oxygens (including phenoxy) is 1. The van der Waals surface area contributed by atoms with E-state index in [1.165, 1.54) is 0 Å². The summed E-state index contributed by atoms with van der Waals surface area (Å²) in [7, 11) is 0.614. The van der Waals surface area contributed by atoms with Crippen molar-refractivity contribution in [2.24, 2.45) is 0 Å². The van der Waals surface area contributed by atoms with E-state index < -0.39 is 0 Å². The van der Waals surface area contributed by atoms with E-state index in [9.17, 15) is 4.79 Å². The average Bonchev–Trinajstić information content (AvgIpc) is 2.46. The normalized spacial score (nSPS) is 10.4. The molecule has 0 aromatic heterocycles. The number of carbonyl (C=O) groups is 1. The minimum Gasteiger partial charge on any atom is -0.450 e. The Morgan fingerprint density at radius 1 is 0.947 bits per heavy atom. The fraction of sp³-hybridized carbons (Fsp3) is 0.0625. The number of carbonyl (C=O) groups excluding carboxylic acids is 1. The predicted octanol–water partition coefficient (Wildman–Crippen LogP) is 2.20. The smallest absolute Gasteiger partial charge is 0.329 e. The first-order valence-corrected chi connectivity index (χ1v) is 7.15. The van der Waals surface area contributed by atoms with Gasteiger partial charge in [0.1, 0.15) is 0 Å². The third-order valence-corrected chi connectivity index (χ3v) is 3.19. The first-order chi connectivity index (χ1) is 9.18. The van der Waals surface area contributed by atoms with Crippen molar-refractivity contribution in [2.75, 3.05) is 0 Å². The largest absolute Gasteiger partial charge is 0.450 e. The Morgan fingerprint density at radius 3 is 1.74 bits per heavy atom. The minimum absolute atomic E-state index is 0.315. The van der Waals surface area contributed by atoms with Crippen LogP contribution >= 0.6 is 0 Å². The van der Waals surface area contributed by atoms with Crippen LogP contribution in [0.2, 0.25) is 0 Å². The van der Waals surface area contributed by atoms with Crippen molar-refractivity contribution >= 4 is 16.2 Å². The lowest BCUT2D eigenvalue weighted by Gasteiger charge is -2.18. The van der Waals surface area contributed by atoms with E-state index in [1.54, 1.807) is 0 Å². The van der Waals surface area contributed by atoms with Gasteiger partial charge in [-0.1, -0.05) is 67.2 Å². The van der Waals surface area contributed by atoms with Crippen molar-refractivity contribution in [3.63, 3.8) is 0 Å². The number of hydrogen-bond acceptors (Lipinski definition) is 2. The van der Waals surface area contributed by atoms with Crippen molar-refractivity contribution in [2.45, 2.75) is 6.10 Å². The summed E-state index contributed by atoms with van der Waals surface area (Å²) in [5.74, 6) is -0.315. The second-order valence-corrected chi connectivity index (χ2v) is 5.59. The van der Waals surface area contributed by atoms with Crippen LogP contribution in [0, 0.1) is 0 Å². The zero-order valence-corrected chi connectivity index (χ0v) is 12.9. The quantitative estimate of drug-likeness (QED) is 0.483. The van der Waals surface area contributed by atoms with E-state index in [4.69, 9.17) is 4.74 Å². The van der Waals surface area contributed by atoms with Crippen LogP contribution in [0.5, 0.6) is 0 Å². The number of rotatable bonds is 4. The van der Waals surface area contributed by atoms with E-state index in [0.29, 0.717) is 15.4 Å². The highest BCUT2D eigenvalue weighted by Crippen LogP contribution is 2.26. The van der Waals surface area contributed by atoms with Crippen LogP contribution in [-0.4, -0.2) is 16.2 Å². The Balaban J connectivity index is 2.34. The summed E-state index contributed by atoms with van der Waals surface area (Å²) in [5, 5.41) is 0.539. The summed E-state index contributed by atoms with van der Waals surface area (Å²) in [6, 6.07) is 19.5. The molecule has 2 aromatic rings. The molecule has 19 heavy (non-hydrogen) atoms. The second kappa shape index (κ2) is 6.16. The highest BCUT2D eigenvalue weighted by atomic mass is 28.1. The Morgan fingerprint density at radius 2 is 1.37 bits per heavy atom. The van der Waals surface area contributed by atoms with Gasteiger partial charge >= 0.3 is 5.97 Å². The van der Waals surface area contributed by atoms with Gasteiger partial charge in [0.2, 0.25) is 0 Å². The zero-order valence-electron chi connectivity index (χ0n) is 10.9. The molecule has 2 nitrogen and oxygen atoms in total. The third kappa shape index (κ3) is 3.42. The molecule has 0 radical (unpaired) electrons. The van der Waals surface area contributed by atoms with Crippen molar-refractivity contribution in [1.82, 2.24) is 0 Å². The van der Waals surface area contributed by atoms with Crippen LogP contribution in [-0.2, 0) is 9.53 Å². The molecule has 2 aromatic carbocycles. The van der Waals surface area contributed by atoms with Gasteiger partial charge in [0.05, 0.1) is 0 Å². The fourth-order valence-electron chi connectivity index (χ4n) is 1.79. The summed E-state index contributed by atoms with van der Waals surface area (Å²) < 4.78 is 5.58. The van der Waals surface area contributed by atoms with Crippen LogP contribution in [0.25, 0.3) is 0 Å². The van der Waals surface area contributed by atoms with Gasteiger partial charge in [0.25, 0.3) is 0 Å². The summed E-state index contributed by atoms with van der Waals surface area (Å²) in [4.78, 5) is 11.8. The van der Waals surface area contributed by atoms with Crippen LogP contribution in [0.4, 0.5) is 0 Å². The summed E-state index contributed by atoms with van der Waals surface area (Å²) in [6.45, 7) is 3.68. The number of hydrogen-bond donors (Lipinski definition) is 0. The Bertz CT molecular complexity index is 524. The van der Waals surface area contributed by atoms with Gasteiger partial charge in [-0.3, -0.25) is 0 Å². The molecule has 0 aliphatic carbocycles. The summed E-state index contributed by atoms with van der Waals surface area (Å²) in [5.41, 5.74) is 1.93. The number of benzene rings is 2. The molecule has 0 amide bonds. The van der Waals surface area contributed by atoms with E-state index in [0.717, 1.165) is 11.1 Å². The molecule has 0 fully saturated rings. The van der Waals surface area contributed by atoms with Crippen LogP contribution < -0.4 is 0 Å². The minimum atomic E-state index is -0.374. The zero-order chi connectivity index (χ0) is 13.7. The van der Waals surface area contributed by atoms with E-state index in [1.807, 2.05) is 60.7 Å². The molecule has 0 spiro atoms. The van der Waals surface area contributed by atoms with Crippen molar-refractivity contribution in [1.29, 1.82) is 0 Å². The van der Waals surface area contributed by atoms with Gasteiger partial charge in [-0.2, -0.15) is 0 Å². The average molecular weight is 268 g/mol. The van der Waals surface area contributed by atoms with Gasteiger partial charge in [0.15, 0.2) is 6.10 Å².